The van der Waals surface area contributed by atoms with Gasteiger partial charge in [0.25, 0.3) is 5.56 Å². The molecular formula is C17H18N4O2S. The number of H-pyrrole nitrogens is 1. The van der Waals surface area contributed by atoms with Crippen molar-refractivity contribution in [1.82, 2.24) is 19.3 Å². The van der Waals surface area contributed by atoms with Crippen molar-refractivity contribution in [3.63, 3.8) is 0 Å². The molecule has 0 radical (unpaired) electrons. The molecule has 7 heteroatoms. The van der Waals surface area contributed by atoms with Gasteiger partial charge in [0.1, 0.15) is 0 Å². The molecule has 4 heterocycles. The third-order valence-electron chi connectivity index (χ3n) is 4.53. The highest BCUT2D eigenvalue weighted by Gasteiger charge is 2.29. The van der Waals surface area contributed by atoms with Crippen LogP contribution in [0.3, 0.4) is 0 Å². The summed E-state index contributed by atoms with van der Waals surface area (Å²) in [5, 5.41) is 4.00. The molecule has 3 aromatic heterocycles. The lowest BCUT2D eigenvalue weighted by atomic mass is 9.98. The number of fused-ring (bicyclic) bond motifs is 1. The Bertz CT molecular complexity index is 912. The second-order valence-electron chi connectivity index (χ2n) is 6.09. The average Bonchev–Trinajstić information content (AvgIpc) is 3.26. The van der Waals surface area contributed by atoms with E-state index in [0.29, 0.717) is 12.2 Å². The Morgan fingerprint density at radius 3 is 3.17 bits per heavy atom. The first-order chi connectivity index (χ1) is 11.7. The van der Waals surface area contributed by atoms with Crippen molar-refractivity contribution in [3.8, 4) is 0 Å². The second kappa shape index (κ2) is 6.24. The van der Waals surface area contributed by atoms with Gasteiger partial charge < -0.3 is 9.88 Å². The number of carbonyl (C=O) groups excluding carboxylic acids is 1. The van der Waals surface area contributed by atoms with Gasteiger partial charge in [-0.05, 0) is 41.7 Å². The molecule has 1 aliphatic heterocycles. The number of amides is 1. The van der Waals surface area contributed by atoms with E-state index in [1.807, 2.05) is 21.7 Å². The van der Waals surface area contributed by atoms with Crippen molar-refractivity contribution in [2.24, 2.45) is 0 Å². The molecule has 3 aromatic rings. The lowest BCUT2D eigenvalue weighted by molar-refractivity contribution is -0.134. The fourth-order valence-electron chi connectivity index (χ4n) is 3.34. The summed E-state index contributed by atoms with van der Waals surface area (Å²) in [6, 6.07) is 3.49. The van der Waals surface area contributed by atoms with E-state index in [1.165, 1.54) is 4.40 Å². The van der Waals surface area contributed by atoms with E-state index in [2.05, 4.69) is 9.97 Å². The Balaban J connectivity index is 1.65. The van der Waals surface area contributed by atoms with Crippen LogP contribution >= 0.6 is 11.3 Å². The number of thiophene rings is 1. The number of nitrogens with zero attached hydrogens (tertiary/aromatic N) is 3. The van der Waals surface area contributed by atoms with Crippen molar-refractivity contribution in [1.29, 1.82) is 0 Å². The molecule has 4 rings (SSSR count). The van der Waals surface area contributed by atoms with Crippen LogP contribution in [0.15, 0.2) is 40.1 Å². The summed E-state index contributed by atoms with van der Waals surface area (Å²) in [5.74, 6) is 0.635. The molecule has 1 aliphatic rings. The van der Waals surface area contributed by atoms with Gasteiger partial charge in [0.15, 0.2) is 0 Å². The number of piperidine rings is 1. The Hall–Kier alpha value is -2.41. The number of likely N-dealkylation sites (tertiary alicyclic amines) is 1. The van der Waals surface area contributed by atoms with Gasteiger partial charge in [-0.2, -0.15) is 11.3 Å². The molecule has 6 nitrogen and oxygen atoms in total. The fourth-order valence-corrected chi connectivity index (χ4v) is 4.01. The monoisotopic (exact) mass is 342 g/mol. The predicted molar refractivity (Wildman–Crippen MR) is 92.1 cm³/mol. The lowest BCUT2D eigenvalue weighted by Crippen LogP contribution is -2.40. The minimum atomic E-state index is -0.118. The van der Waals surface area contributed by atoms with Crippen LogP contribution in [0.1, 0.15) is 36.6 Å². The van der Waals surface area contributed by atoms with Crippen LogP contribution in [0.5, 0.6) is 0 Å². The molecule has 1 atom stereocenters. The number of imidazole rings is 1. The van der Waals surface area contributed by atoms with Gasteiger partial charge >= 0.3 is 0 Å². The normalized spacial score (nSPS) is 18.2. The average molecular weight is 342 g/mol. The summed E-state index contributed by atoms with van der Waals surface area (Å²) in [7, 11) is 0. The highest BCUT2D eigenvalue weighted by atomic mass is 32.1. The molecule has 24 heavy (non-hydrogen) atoms. The van der Waals surface area contributed by atoms with Crippen molar-refractivity contribution in [2.75, 3.05) is 6.54 Å². The molecule has 0 aliphatic carbocycles. The van der Waals surface area contributed by atoms with Crippen molar-refractivity contribution >= 4 is 23.0 Å². The highest BCUT2D eigenvalue weighted by Crippen LogP contribution is 2.30. The van der Waals surface area contributed by atoms with E-state index in [1.54, 1.807) is 29.8 Å². The lowest BCUT2D eigenvalue weighted by Gasteiger charge is -2.35. The quantitative estimate of drug-likeness (QED) is 0.794. The van der Waals surface area contributed by atoms with Gasteiger partial charge in [-0.15, -0.1) is 0 Å². The zero-order valence-electron chi connectivity index (χ0n) is 13.1. The van der Waals surface area contributed by atoms with Crippen LogP contribution in [0.4, 0.5) is 0 Å². The van der Waals surface area contributed by atoms with E-state index < -0.39 is 0 Å². The first-order valence-corrected chi connectivity index (χ1v) is 9.03. The molecule has 0 aromatic carbocycles. The smallest absolute Gasteiger partial charge is 0.259 e. The zero-order chi connectivity index (χ0) is 16.5. The van der Waals surface area contributed by atoms with Gasteiger partial charge in [-0.25, -0.2) is 4.98 Å². The topological polar surface area (TPSA) is 70.5 Å². The minimum Gasteiger partial charge on any atom is -0.334 e. The van der Waals surface area contributed by atoms with Crippen LogP contribution < -0.4 is 5.56 Å². The number of nitrogens with one attached hydrogen (secondary N) is 1. The molecule has 124 valence electrons. The van der Waals surface area contributed by atoms with E-state index in [0.717, 1.165) is 37.1 Å². The molecule has 0 unspecified atom stereocenters. The Morgan fingerprint density at radius 2 is 2.33 bits per heavy atom. The molecule has 1 fully saturated rings. The summed E-state index contributed by atoms with van der Waals surface area (Å²) >= 11 is 1.60. The molecular weight excluding hydrogens is 324 g/mol. The van der Waals surface area contributed by atoms with E-state index >= 15 is 0 Å². The van der Waals surface area contributed by atoms with Crippen LogP contribution in [-0.2, 0) is 11.2 Å². The Kier molecular flexibility index (Phi) is 3.93. The highest BCUT2D eigenvalue weighted by molar-refractivity contribution is 7.08. The van der Waals surface area contributed by atoms with Crippen LogP contribution in [0.2, 0.25) is 0 Å². The standard InChI is InChI=1S/C17H18N4O2S/c22-15(9-12-4-8-24-11-12)20-6-2-1-3-14(20)13-10-16(23)21-7-5-18-17(21)19-13/h4-5,7-8,10-11,14H,1-3,6,9H2,(H,18,19)/t14-/m0/s1. The van der Waals surface area contributed by atoms with Crippen molar-refractivity contribution in [2.45, 2.75) is 31.7 Å². The van der Waals surface area contributed by atoms with Crippen LogP contribution in [-0.4, -0.2) is 31.7 Å². The Morgan fingerprint density at radius 1 is 1.42 bits per heavy atom. The van der Waals surface area contributed by atoms with Crippen LogP contribution in [0.25, 0.3) is 5.78 Å². The second-order valence-corrected chi connectivity index (χ2v) is 6.87. The van der Waals surface area contributed by atoms with E-state index in [-0.39, 0.29) is 17.5 Å². The SMILES string of the molecule is O=C(Cc1ccsc1)N1CCCC[C@H]1c1cc(=O)n2ccnc2[nH]1. The number of rotatable bonds is 3. The number of aromatic amines is 1. The van der Waals surface area contributed by atoms with Gasteiger partial charge in [-0.3, -0.25) is 14.0 Å². The number of hydrogen-bond donors (Lipinski definition) is 1. The maximum atomic E-state index is 12.8. The third-order valence-corrected chi connectivity index (χ3v) is 5.26. The summed E-state index contributed by atoms with van der Waals surface area (Å²) in [6.07, 6.45) is 6.56. The molecule has 1 amide bonds. The zero-order valence-corrected chi connectivity index (χ0v) is 14.0. The summed E-state index contributed by atoms with van der Waals surface area (Å²) < 4.78 is 1.48. The largest absolute Gasteiger partial charge is 0.334 e. The molecule has 0 bridgehead atoms. The first-order valence-electron chi connectivity index (χ1n) is 8.09. The number of hydrogen-bond acceptors (Lipinski definition) is 4. The van der Waals surface area contributed by atoms with Gasteiger partial charge in [0.2, 0.25) is 11.7 Å². The van der Waals surface area contributed by atoms with E-state index in [4.69, 9.17) is 0 Å². The van der Waals surface area contributed by atoms with E-state index in [9.17, 15) is 9.59 Å². The minimum absolute atomic E-state index is 0.0840. The molecule has 1 saturated heterocycles. The van der Waals surface area contributed by atoms with Crippen LogP contribution in [0, 0.1) is 0 Å². The maximum Gasteiger partial charge on any atom is 0.259 e. The summed E-state index contributed by atoms with van der Waals surface area (Å²) in [5.41, 5.74) is 1.70. The summed E-state index contributed by atoms with van der Waals surface area (Å²) in [4.78, 5) is 34.3. The number of aromatic nitrogens is 3. The Labute approximate surface area is 142 Å². The molecule has 1 N–H and O–H groups in total. The van der Waals surface area contributed by atoms with Gasteiger partial charge in [-0.1, -0.05) is 0 Å². The third kappa shape index (κ3) is 2.75. The fraction of sp³-hybridized carbons (Fsp3) is 0.353. The van der Waals surface area contributed by atoms with Gasteiger partial charge in [0.05, 0.1) is 12.5 Å². The predicted octanol–water partition coefficient (Wildman–Crippen LogP) is 2.38. The molecule has 0 saturated carbocycles. The van der Waals surface area contributed by atoms with Crippen molar-refractivity contribution in [3.05, 3.63) is 56.9 Å². The molecule has 0 spiro atoms. The number of carbonyl (C=O) groups is 1. The maximum absolute atomic E-state index is 12.8. The van der Waals surface area contributed by atoms with Gasteiger partial charge in [0, 0.05) is 30.7 Å². The van der Waals surface area contributed by atoms with Crippen molar-refractivity contribution < 1.29 is 4.79 Å². The first kappa shape index (κ1) is 15.1. The summed E-state index contributed by atoms with van der Waals surface area (Å²) in [6.45, 7) is 0.731.